The summed E-state index contributed by atoms with van der Waals surface area (Å²) in [5, 5.41) is 1.03. The van der Waals surface area contributed by atoms with Crippen molar-refractivity contribution >= 4 is 9.24 Å². The second kappa shape index (κ2) is 4.86. The minimum absolute atomic E-state index is 1.03. The van der Waals surface area contributed by atoms with E-state index in [9.17, 15) is 0 Å². The maximum Gasteiger partial charge on any atom is 0.00105 e. The number of nitrogens with two attached hydrogens (primary N) is 1. The van der Waals surface area contributed by atoms with Crippen molar-refractivity contribution in [3.63, 3.8) is 0 Å². The average Bonchev–Trinajstić information content (AvgIpc) is 1.83. The van der Waals surface area contributed by atoms with Crippen molar-refractivity contribution in [3.05, 3.63) is 23.7 Å². The predicted molar refractivity (Wildman–Crippen MR) is 41.4 cm³/mol. The van der Waals surface area contributed by atoms with Crippen LogP contribution in [0.5, 0.6) is 0 Å². The molecule has 46 valence electrons. The fourth-order valence-corrected chi connectivity index (χ4v) is 0.446. The monoisotopic (exact) mass is 129 g/mol. The Balaban J connectivity index is 3.53. The molecule has 0 amide bonds. The van der Waals surface area contributed by atoms with E-state index in [0.29, 0.717) is 0 Å². The minimum atomic E-state index is 1.03. The molecule has 0 aromatic carbocycles. The van der Waals surface area contributed by atoms with E-state index in [-0.39, 0.29) is 0 Å². The third-order valence-electron chi connectivity index (χ3n) is 0.738. The van der Waals surface area contributed by atoms with Gasteiger partial charge >= 0.3 is 0 Å². The van der Waals surface area contributed by atoms with Gasteiger partial charge in [-0.25, -0.2) is 0 Å². The summed E-state index contributed by atoms with van der Waals surface area (Å²) in [5.41, 5.74) is 5.18. The molecule has 0 aromatic rings. The summed E-state index contributed by atoms with van der Waals surface area (Å²) >= 11 is 0. The van der Waals surface area contributed by atoms with E-state index in [1.165, 1.54) is 0 Å². The number of allylic oxidation sites excluding steroid dienone is 3. The Morgan fingerprint density at radius 3 is 2.75 bits per heavy atom. The lowest BCUT2D eigenvalue weighted by molar-refractivity contribution is 1.22. The summed E-state index contributed by atoms with van der Waals surface area (Å²) in [7, 11) is 2.53. The zero-order valence-corrected chi connectivity index (χ0v) is 6.25. The average molecular weight is 129 g/mol. The van der Waals surface area contributed by atoms with E-state index >= 15 is 0 Å². The van der Waals surface area contributed by atoms with E-state index in [0.717, 1.165) is 11.7 Å². The van der Waals surface area contributed by atoms with E-state index in [1.54, 1.807) is 6.20 Å². The van der Waals surface area contributed by atoms with Crippen LogP contribution >= 0.6 is 9.24 Å². The molecule has 8 heavy (non-hydrogen) atoms. The van der Waals surface area contributed by atoms with Gasteiger partial charge in [0.1, 0.15) is 0 Å². The molecule has 1 nitrogen and oxygen atoms in total. The molecule has 0 rings (SSSR count). The van der Waals surface area contributed by atoms with Gasteiger partial charge in [-0.1, -0.05) is 19.1 Å². The summed E-state index contributed by atoms with van der Waals surface area (Å²) in [6.45, 7) is 2.09. The molecule has 0 heterocycles. The Labute approximate surface area is 52.9 Å². The molecule has 2 heteroatoms. The van der Waals surface area contributed by atoms with Crippen LogP contribution in [0.25, 0.3) is 0 Å². The van der Waals surface area contributed by atoms with Gasteiger partial charge in [-0.05, 0) is 11.7 Å². The third kappa shape index (κ3) is 3.89. The molecule has 0 fully saturated rings. The van der Waals surface area contributed by atoms with Gasteiger partial charge in [-0.2, -0.15) is 0 Å². The predicted octanol–water partition coefficient (Wildman–Crippen LogP) is 1.63. The van der Waals surface area contributed by atoms with Crippen LogP contribution in [0.15, 0.2) is 23.7 Å². The largest absolute Gasteiger partial charge is 0.404 e. The molecule has 0 bridgehead atoms. The topological polar surface area (TPSA) is 26.0 Å². The Morgan fingerprint density at radius 1 is 1.75 bits per heavy atom. The second-order valence-corrected chi connectivity index (χ2v) is 2.14. The van der Waals surface area contributed by atoms with Crippen LogP contribution in [0.1, 0.15) is 13.3 Å². The molecule has 0 aliphatic carbocycles. The molecule has 0 saturated heterocycles. The second-order valence-electron chi connectivity index (χ2n) is 1.48. The lowest BCUT2D eigenvalue weighted by Gasteiger charge is -1.83. The van der Waals surface area contributed by atoms with Crippen molar-refractivity contribution in [2.45, 2.75) is 13.3 Å². The van der Waals surface area contributed by atoms with Crippen molar-refractivity contribution < 1.29 is 0 Å². The summed E-state index contributed by atoms with van der Waals surface area (Å²) in [5.74, 6) is 0. The van der Waals surface area contributed by atoms with Gasteiger partial charge in [0, 0.05) is 6.20 Å². The summed E-state index contributed by atoms with van der Waals surface area (Å²) < 4.78 is 0. The first-order valence-electron chi connectivity index (χ1n) is 2.65. The minimum Gasteiger partial charge on any atom is -0.404 e. The molecular formula is C6H12NP. The SMILES string of the molecule is CC/C=C\C(P)=C/N. The molecule has 2 N–H and O–H groups in total. The first-order chi connectivity index (χ1) is 3.81. The zero-order valence-electron chi connectivity index (χ0n) is 5.09. The van der Waals surface area contributed by atoms with Gasteiger partial charge in [0.05, 0.1) is 0 Å². The molecule has 1 atom stereocenters. The Kier molecular flexibility index (Phi) is 4.68. The maximum atomic E-state index is 5.18. The van der Waals surface area contributed by atoms with E-state index in [2.05, 4.69) is 22.2 Å². The quantitative estimate of drug-likeness (QED) is 0.445. The van der Waals surface area contributed by atoms with Crippen molar-refractivity contribution in [1.82, 2.24) is 0 Å². The van der Waals surface area contributed by atoms with Gasteiger partial charge < -0.3 is 5.73 Å². The van der Waals surface area contributed by atoms with Crippen LogP contribution in [0, 0.1) is 0 Å². The number of hydrogen-bond donors (Lipinski definition) is 1. The lowest BCUT2D eigenvalue weighted by atomic mass is 10.4. The zero-order chi connectivity index (χ0) is 6.41. The molecule has 0 radical (unpaired) electrons. The first-order valence-corrected chi connectivity index (χ1v) is 3.23. The lowest BCUT2D eigenvalue weighted by Crippen LogP contribution is -1.76. The van der Waals surface area contributed by atoms with Gasteiger partial charge in [-0.15, -0.1) is 9.24 Å². The molecular weight excluding hydrogens is 117 g/mol. The van der Waals surface area contributed by atoms with E-state index < -0.39 is 0 Å². The molecule has 0 saturated carbocycles. The van der Waals surface area contributed by atoms with Crippen LogP contribution in [-0.2, 0) is 0 Å². The smallest absolute Gasteiger partial charge is 0.00105 e. The van der Waals surface area contributed by atoms with Crippen LogP contribution in [0.4, 0.5) is 0 Å². The van der Waals surface area contributed by atoms with Gasteiger partial charge in [0.25, 0.3) is 0 Å². The highest BCUT2D eigenvalue weighted by molar-refractivity contribution is 7.22. The Morgan fingerprint density at radius 2 is 2.38 bits per heavy atom. The maximum absolute atomic E-state index is 5.18. The molecule has 0 aliphatic rings. The first kappa shape index (κ1) is 7.71. The Hall–Kier alpha value is -0.290. The summed E-state index contributed by atoms with van der Waals surface area (Å²) in [6, 6.07) is 0. The van der Waals surface area contributed by atoms with Gasteiger partial charge in [0.2, 0.25) is 0 Å². The van der Waals surface area contributed by atoms with Crippen molar-refractivity contribution in [2.75, 3.05) is 0 Å². The van der Waals surface area contributed by atoms with Crippen LogP contribution in [0.2, 0.25) is 0 Å². The fraction of sp³-hybridized carbons (Fsp3) is 0.333. The number of rotatable bonds is 2. The van der Waals surface area contributed by atoms with Crippen LogP contribution in [-0.4, -0.2) is 0 Å². The normalized spacial score (nSPS) is 13.0. The van der Waals surface area contributed by atoms with Gasteiger partial charge in [0.15, 0.2) is 0 Å². The van der Waals surface area contributed by atoms with Crippen molar-refractivity contribution in [1.29, 1.82) is 0 Å². The van der Waals surface area contributed by atoms with E-state index in [4.69, 9.17) is 5.73 Å². The van der Waals surface area contributed by atoms with Crippen LogP contribution < -0.4 is 5.73 Å². The summed E-state index contributed by atoms with van der Waals surface area (Å²) in [6.07, 6.45) is 6.67. The van der Waals surface area contributed by atoms with Gasteiger partial charge in [-0.3, -0.25) is 0 Å². The van der Waals surface area contributed by atoms with E-state index in [1.807, 2.05) is 6.08 Å². The Bertz CT molecular complexity index is 105. The van der Waals surface area contributed by atoms with Crippen molar-refractivity contribution in [2.24, 2.45) is 5.73 Å². The fourth-order valence-electron chi connectivity index (χ4n) is 0.309. The van der Waals surface area contributed by atoms with Crippen LogP contribution in [0.3, 0.4) is 0 Å². The molecule has 0 spiro atoms. The third-order valence-corrected chi connectivity index (χ3v) is 1.12. The summed E-state index contributed by atoms with van der Waals surface area (Å²) in [4.78, 5) is 0. The molecule has 0 aromatic heterocycles. The highest BCUT2D eigenvalue weighted by Crippen LogP contribution is 2.03. The number of hydrogen-bond acceptors (Lipinski definition) is 1. The highest BCUT2D eigenvalue weighted by Gasteiger charge is 1.73. The standard InChI is InChI=1S/C6H12NP/c1-2-3-4-6(8)5-7/h3-5H,2,7-8H2,1H3/b4-3-,6-5+. The van der Waals surface area contributed by atoms with Crippen molar-refractivity contribution in [3.8, 4) is 0 Å². The molecule has 1 unspecified atom stereocenters. The highest BCUT2D eigenvalue weighted by atomic mass is 31.0. The molecule has 0 aliphatic heterocycles.